The lowest BCUT2D eigenvalue weighted by molar-refractivity contribution is -0.126. The van der Waals surface area contributed by atoms with Crippen molar-refractivity contribution in [3.63, 3.8) is 0 Å². The molecule has 1 aliphatic rings. The maximum Gasteiger partial charge on any atom is 0.324 e. The minimum atomic E-state index is -0.626. The molecule has 0 aromatic heterocycles. The third-order valence-corrected chi connectivity index (χ3v) is 1.65. The Bertz CT molecular complexity index is 193. The predicted octanol–water partition coefficient (Wildman–Crippen LogP) is 0.166. The van der Waals surface area contributed by atoms with Crippen LogP contribution in [0, 0.1) is 0 Å². The van der Waals surface area contributed by atoms with Crippen LogP contribution in [0.15, 0.2) is 0 Å². The van der Waals surface area contributed by atoms with Gasteiger partial charge in [-0.2, -0.15) is 0 Å². The van der Waals surface area contributed by atoms with E-state index in [2.05, 4.69) is 5.32 Å². The SMILES string of the molecule is C[C@@H](Cl)C(=O)N1CCNC1=O. The molecule has 3 amide bonds. The number of urea groups is 1. The zero-order valence-electron chi connectivity index (χ0n) is 6.13. The van der Waals surface area contributed by atoms with Gasteiger partial charge in [0, 0.05) is 13.1 Å². The van der Waals surface area contributed by atoms with E-state index in [1.165, 1.54) is 0 Å². The highest BCUT2D eigenvalue weighted by Gasteiger charge is 2.28. The third kappa shape index (κ3) is 1.63. The van der Waals surface area contributed by atoms with E-state index in [0.29, 0.717) is 13.1 Å². The molecule has 0 aromatic rings. The first-order chi connectivity index (χ1) is 5.13. The molecule has 1 saturated heterocycles. The van der Waals surface area contributed by atoms with Crippen molar-refractivity contribution in [3.8, 4) is 0 Å². The van der Waals surface area contributed by atoms with Gasteiger partial charge in [0.25, 0.3) is 0 Å². The topological polar surface area (TPSA) is 49.4 Å². The zero-order chi connectivity index (χ0) is 8.43. The first-order valence-corrected chi connectivity index (χ1v) is 3.80. The summed E-state index contributed by atoms with van der Waals surface area (Å²) in [6.07, 6.45) is 0. The van der Waals surface area contributed by atoms with Crippen LogP contribution in [0.4, 0.5) is 4.79 Å². The van der Waals surface area contributed by atoms with Crippen LogP contribution in [0.25, 0.3) is 0 Å². The van der Waals surface area contributed by atoms with Gasteiger partial charge in [0.15, 0.2) is 0 Å². The van der Waals surface area contributed by atoms with Gasteiger partial charge in [0.05, 0.1) is 0 Å². The highest BCUT2D eigenvalue weighted by Crippen LogP contribution is 2.04. The van der Waals surface area contributed by atoms with E-state index < -0.39 is 5.38 Å². The second kappa shape index (κ2) is 3.09. The van der Waals surface area contributed by atoms with Crippen molar-refractivity contribution >= 4 is 23.5 Å². The highest BCUT2D eigenvalue weighted by molar-refractivity contribution is 6.31. The average molecular weight is 177 g/mol. The number of hydrogen-bond acceptors (Lipinski definition) is 2. The Balaban J connectivity index is 2.60. The molecule has 0 aromatic carbocycles. The van der Waals surface area contributed by atoms with Crippen LogP contribution >= 0.6 is 11.6 Å². The van der Waals surface area contributed by atoms with Crippen LogP contribution in [0.2, 0.25) is 0 Å². The van der Waals surface area contributed by atoms with Crippen LogP contribution in [-0.2, 0) is 4.79 Å². The fraction of sp³-hybridized carbons (Fsp3) is 0.667. The highest BCUT2D eigenvalue weighted by atomic mass is 35.5. The van der Waals surface area contributed by atoms with E-state index in [9.17, 15) is 9.59 Å². The fourth-order valence-electron chi connectivity index (χ4n) is 0.897. The number of nitrogens with zero attached hydrogens (tertiary/aromatic N) is 1. The lowest BCUT2D eigenvalue weighted by atomic mass is 10.4. The summed E-state index contributed by atoms with van der Waals surface area (Å²) in [7, 11) is 0. The van der Waals surface area contributed by atoms with Gasteiger partial charge in [0.1, 0.15) is 5.38 Å². The monoisotopic (exact) mass is 176 g/mol. The fourth-order valence-corrected chi connectivity index (χ4v) is 1.01. The summed E-state index contributed by atoms with van der Waals surface area (Å²) in [6.45, 7) is 2.50. The summed E-state index contributed by atoms with van der Waals surface area (Å²) >= 11 is 5.50. The quantitative estimate of drug-likeness (QED) is 0.579. The molecule has 11 heavy (non-hydrogen) atoms. The molecule has 0 unspecified atom stereocenters. The van der Waals surface area contributed by atoms with E-state index in [-0.39, 0.29) is 11.9 Å². The summed E-state index contributed by atoms with van der Waals surface area (Å²) in [5.74, 6) is -0.332. The number of nitrogens with one attached hydrogen (secondary N) is 1. The minimum Gasteiger partial charge on any atom is -0.336 e. The van der Waals surface area contributed by atoms with Gasteiger partial charge < -0.3 is 5.32 Å². The number of halogens is 1. The molecule has 0 aliphatic carbocycles. The number of rotatable bonds is 1. The second-order valence-corrected chi connectivity index (χ2v) is 2.99. The lowest BCUT2D eigenvalue weighted by Gasteiger charge is -2.12. The van der Waals surface area contributed by atoms with Gasteiger partial charge in [-0.1, -0.05) is 0 Å². The normalized spacial score (nSPS) is 19.8. The van der Waals surface area contributed by atoms with E-state index in [1.54, 1.807) is 6.92 Å². The molecule has 62 valence electrons. The maximum atomic E-state index is 11.1. The zero-order valence-corrected chi connectivity index (χ0v) is 6.89. The Hall–Kier alpha value is -0.770. The Labute approximate surface area is 69.5 Å². The molecule has 0 bridgehead atoms. The molecule has 0 radical (unpaired) electrons. The molecule has 1 N–H and O–H groups in total. The van der Waals surface area contributed by atoms with Crippen molar-refractivity contribution < 1.29 is 9.59 Å². The van der Waals surface area contributed by atoms with Crippen LogP contribution in [0.5, 0.6) is 0 Å². The number of alkyl halides is 1. The Morgan fingerprint density at radius 3 is 2.82 bits per heavy atom. The van der Waals surface area contributed by atoms with Crippen molar-refractivity contribution in [2.45, 2.75) is 12.3 Å². The second-order valence-electron chi connectivity index (χ2n) is 2.34. The van der Waals surface area contributed by atoms with Crippen molar-refractivity contribution in [3.05, 3.63) is 0 Å². The van der Waals surface area contributed by atoms with Crippen molar-refractivity contribution in [1.29, 1.82) is 0 Å². The summed E-state index contributed by atoms with van der Waals surface area (Å²) in [4.78, 5) is 23.1. The van der Waals surface area contributed by atoms with Gasteiger partial charge in [-0.05, 0) is 6.92 Å². The largest absolute Gasteiger partial charge is 0.336 e. The molecule has 1 fully saturated rings. The molecule has 1 aliphatic heterocycles. The molecule has 1 heterocycles. The summed E-state index contributed by atoms with van der Waals surface area (Å²) in [5.41, 5.74) is 0. The number of carbonyl (C=O) groups excluding carboxylic acids is 2. The van der Waals surface area contributed by atoms with Gasteiger partial charge >= 0.3 is 6.03 Å². The van der Waals surface area contributed by atoms with E-state index in [4.69, 9.17) is 11.6 Å². The van der Waals surface area contributed by atoms with Crippen LogP contribution in [0.3, 0.4) is 0 Å². The number of amides is 3. The van der Waals surface area contributed by atoms with Gasteiger partial charge in [-0.3, -0.25) is 9.69 Å². The van der Waals surface area contributed by atoms with Crippen molar-refractivity contribution in [2.75, 3.05) is 13.1 Å². The van der Waals surface area contributed by atoms with E-state index in [1.807, 2.05) is 0 Å². The molecule has 0 spiro atoms. The summed E-state index contributed by atoms with van der Waals surface area (Å²) in [5, 5.41) is 1.89. The third-order valence-electron chi connectivity index (χ3n) is 1.46. The van der Waals surface area contributed by atoms with Gasteiger partial charge in [-0.25, -0.2) is 4.79 Å². The molecule has 1 rings (SSSR count). The Morgan fingerprint density at radius 2 is 2.45 bits per heavy atom. The van der Waals surface area contributed by atoms with Crippen molar-refractivity contribution in [1.82, 2.24) is 10.2 Å². The van der Waals surface area contributed by atoms with Crippen molar-refractivity contribution in [2.24, 2.45) is 0 Å². The maximum absolute atomic E-state index is 11.1. The molecule has 4 nitrogen and oxygen atoms in total. The van der Waals surface area contributed by atoms with Gasteiger partial charge in [-0.15, -0.1) is 11.6 Å². The standard InChI is InChI=1S/C6H9ClN2O2/c1-4(7)5(10)9-3-2-8-6(9)11/h4H,2-3H2,1H3,(H,8,11)/t4-/m1/s1. The van der Waals surface area contributed by atoms with Crippen LogP contribution in [-0.4, -0.2) is 35.3 Å². The lowest BCUT2D eigenvalue weighted by Crippen LogP contribution is -2.38. The molecular formula is C6H9ClN2O2. The van der Waals surface area contributed by atoms with Gasteiger partial charge in [0.2, 0.25) is 5.91 Å². The molecular weight excluding hydrogens is 168 g/mol. The number of hydrogen-bond donors (Lipinski definition) is 1. The average Bonchev–Trinajstić information content (AvgIpc) is 2.33. The minimum absolute atomic E-state index is 0.332. The molecule has 0 saturated carbocycles. The van der Waals surface area contributed by atoms with Crippen LogP contribution < -0.4 is 5.32 Å². The van der Waals surface area contributed by atoms with Crippen LogP contribution in [0.1, 0.15) is 6.92 Å². The Morgan fingerprint density at radius 1 is 1.82 bits per heavy atom. The van der Waals surface area contributed by atoms with E-state index >= 15 is 0 Å². The number of carbonyl (C=O) groups is 2. The first-order valence-electron chi connectivity index (χ1n) is 3.36. The first kappa shape index (κ1) is 8.33. The smallest absolute Gasteiger partial charge is 0.324 e. The summed E-state index contributed by atoms with van der Waals surface area (Å²) in [6, 6.07) is -0.345. The Kier molecular flexibility index (Phi) is 2.34. The molecule has 1 atom stereocenters. The van der Waals surface area contributed by atoms with E-state index in [0.717, 1.165) is 4.90 Å². The summed E-state index contributed by atoms with van der Waals surface area (Å²) < 4.78 is 0. The predicted molar refractivity (Wildman–Crippen MR) is 40.4 cm³/mol. The number of imide groups is 1. The molecule has 5 heteroatoms.